The fraction of sp³-hybridized carbons (Fsp3) is 0.263. The number of nitrogens with zero attached hydrogens (tertiary/aromatic N) is 1. The molecule has 1 heterocycles. The van der Waals surface area contributed by atoms with Crippen LogP contribution in [0, 0.1) is 0 Å². The summed E-state index contributed by atoms with van der Waals surface area (Å²) in [7, 11) is 1.57. The summed E-state index contributed by atoms with van der Waals surface area (Å²) in [6, 6.07) is 10.2. The van der Waals surface area contributed by atoms with Gasteiger partial charge in [0.05, 0.1) is 18.0 Å². The number of halogens is 2. The van der Waals surface area contributed by atoms with Crippen molar-refractivity contribution in [2.24, 2.45) is 0 Å². The van der Waals surface area contributed by atoms with Crippen LogP contribution < -0.4 is 14.8 Å². The molecule has 8 heteroatoms. The Balaban J connectivity index is 1.59. The van der Waals surface area contributed by atoms with Gasteiger partial charge in [0.15, 0.2) is 11.5 Å². The van der Waals surface area contributed by atoms with E-state index in [0.29, 0.717) is 46.0 Å². The molecule has 2 aromatic carbocycles. The van der Waals surface area contributed by atoms with E-state index in [1.165, 1.54) is 4.90 Å². The van der Waals surface area contributed by atoms with Gasteiger partial charge in [-0.15, -0.1) is 0 Å². The Bertz CT molecular complexity index is 873. The summed E-state index contributed by atoms with van der Waals surface area (Å²) >= 11 is 12.1. The zero-order valence-corrected chi connectivity index (χ0v) is 16.1. The van der Waals surface area contributed by atoms with Crippen LogP contribution in [0.1, 0.15) is 5.56 Å². The average molecular weight is 409 g/mol. The lowest BCUT2D eigenvalue weighted by Gasteiger charge is -2.21. The smallest absolute Gasteiger partial charge is 0.243 e. The van der Waals surface area contributed by atoms with Crippen molar-refractivity contribution in [2.45, 2.75) is 6.42 Å². The molecule has 1 N–H and O–H groups in total. The number of nitrogens with one attached hydrogen (secondary N) is 1. The maximum atomic E-state index is 12.4. The first kappa shape index (κ1) is 19.3. The summed E-state index contributed by atoms with van der Waals surface area (Å²) < 4.78 is 11.0. The third-order valence-electron chi connectivity index (χ3n) is 3.93. The van der Waals surface area contributed by atoms with E-state index in [4.69, 9.17) is 32.7 Å². The molecule has 142 valence electrons. The normalized spacial score (nSPS) is 12.4. The number of carbonyl (C=O) groups excluding carboxylic acids is 2. The number of likely N-dealkylation sites (N-methyl/N-ethyl adjacent to an activating group) is 1. The van der Waals surface area contributed by atoms with Crippen molar-refractivity contribution in [1.29, 1.82) is 0 Å². The monoisotopic (exact) mass is 408 g/mol. The highest BCUT2D eigenvalue weighted by atomic mass is 35.5. The van der Waals surface area contributed by atoms with Crippen LogP contribution in [0.4, 0.5) is 5.69 Å². The molecule has 0 atom stereocenters. The van der Waals surface area contributed by atoms with Gasteiger partial charge in [0.1, 0.15) is 13.2 Å². The number of hydrogen-bond donors (Lipinski definition) is 1. The molecule has 3 rings (SSSR count). The molecule has 2 aromatic rings. The van der Waals surface area contributed by atoms with Gasteiger partial charge in [-0.3, -0.25) is 9.59 Å². The Labute approximate surface area is 167 Å². The Kier molecular flexibility index (Phi) is 6.08. The van der Waals surface area contributed by atoms with Crippen LogP contribution in [0.5, 0.6) is 11.5 Å². The van der Waals surface area contributed by atoms with Gasteiger partial charge in [0, 0.05) is 17.8 Å². The van der Waals surface area contributed by atoms with Gasteiger partial charge in [0.2, 0.25) is 11.8 Å². The molecule has 27 heavy (non-hydrogen) atoms. The maximum Gasteiger partial charge on any atom is 0.243 e. The summed E-state index contributed by atoms with van der Waals surface area (Å²) in [6.45, 7) is 0.795. The lowest BCUT2D eigenvalue weighted by atomic mass is 10.1. The van der Waals surface area contributed by atoms with Gasteiger partial charge < -0.3 is 19.7 Å². The number of amides is 2. The lowest BCUT2D eigenvalue weighted by molar-refractivity contribution is -0.132. The summed E-state index contributed by atoms with van der Waals surface area (Å²) in [5.74, 6) is 0.489. The fourth-order valence-corrected chi connectivity index (χ4v) is 3.12. The van der Waals surface area contributed by atoms with Crippen LogP contribution in [-0.2, 0) is 16.0 Å². The highest BCUT2D eigenvalue weighted by Gasteiger charge is 2.19. The predicted molar refractivity (Wildman–Crippen MR) is 104 cm³/mol. The number of carbonyl (C=O) groups is 2. The van der Waals surface area contributed by atoms with E-state index in [1.807, 2.05) is 0 Å². The Morgan fingerprint density at radius 2 is 1.93 bits per heavy atom. The summed E-state index contributed by atoms with van der Waals surface area (Å²) in [4.78, 5) is 25.9. The van der Waals surface area contributed by atoms with Gasteiger partial charge in [-0.1, -0.05) is 29.3 Å². The number of fused-ring (bicyclic) bond motifs is 1. The van der Waals surface area contributed by atoms with Crippen LogP contribution in [0.25, 0.3) is 0 Å². The molecule has 6 nitrogen and oxygen atoms in total. The van der Waals surface area contributed by atoms with Gasteiger partial charge in [-0.2, -0.15) is 0 Å². The molecule has 0 unspecified atom stereocenters. The Hall–Kier alpha value is -2.44. The molecule has 0 bridgehead atoms. The zero-order valence-electron chi connectivity index (χ0n) is 14.6. The average Bonchev–Trinajstić information content (AvgIpc) is 2.61. The Morgan fingerprint density at radius 3 is 2.70 bits per heavy atom. The SMILES string of the molecule is CN(CC(=O)Nc1cccc(Cl)c1)C(=O)Cc1cc(Cl)c2c(c1)OCCO2. The Morgan fingerprint density at radius 1 is 1.15 bits per heavy atom. The van der Waals surface area contributed by atoms with Crippen LogP contribution in [0.2, 0.25) is 10.0 Å². The van der Waals surface area contributed by atoms with Gasteiger partial charge >= 0.3 is 0 Å². The van der Waals surface area contributed by atoms with Crippen molar-refractivity contribution in [3.8, 4) is 11.5 Å². The van der Waals surface area contributed by atoms with E-state index in [-0.39, 0.29) is 24.8 Å². The van der Waals surface area contributed by atoms with E-state index in [9.17, 15) is 9.59 Å². The summed E-state index contributed by atoms with van der Waals surface area (Å²) in [5.41, 5.74) is 1.27. The van der Waals surface area contributed by atoms with Gasteiger partial charge in [-0.05, 0) is 35.9 Å². The number of benzene rings is 2. The molecule has 0 radical (unpaired) electrons. The van der Waals surface area contributed by atoms with Crippen LogP contribution in [0.3, 0.4) is 0 Å². The van der Waals surface area contributed by atoms with Crippen LogP contribution in [-0.4, -0.2) is 43.5 Å². The zero-order chi connectivity index (χ0) is 19.4. The fourth-order valence-electron chi connectivity index (χ4n) is 2.65. The minimum absolute atomic E-state index is 0.0797. The molecule has 1 aliphatic rings. The van der Waals surface area contributed by atoms with Crippen molar-refractivity contribution in [3.05, 3.63) is 52.0 Å². The summed E-state index contributed by atoms with van der Waals surface area (Å²) in [5, 5.41) is 3.63. The van der Waals surface area contributed by atoms with E-state index in [0.717, 1.165) is 0 Å². The summed E-state index contributed by atoms with van der Waals surface area (Å²) in [6.07, 6.45) is 0.0945. The van der Waals surface area contributed by atoms with E-state index in [1.54, 1.807) is 43.4 Å². The molecule has 0 saturated carbocycles. The van der Waals surface area contributed by atoms with Gasteiger partial charge in [-0.25, -0.2) is 0 Å². The molecule has 0 fully saturated rings. The van der Waals surface area contributed by atoms with Gasteiger partial charge in [0.25, 0.3) is 0 Å². The molecular formula is C19H18Cl2N2O4. The highest BCUT2D eigenvalue weighted by molar-refractivity contribution is 6.32. The topological polar surface area (TPSA) is 67.9 Å². The third kappa shape index (κ3) is 5.05. The van der Waals surface area contributed by atoms with Crippen molar-refractivity contribution in [3.63, 3.8) is 0 Å². The van der Waals surface area contributed by atoms with E-state index >= 15 is 0 Å². The number of anilines is 1. The minimum atomic E-state index is -0.312. The number of hydrogen-bond acceptors (Lipinski definition) is 4. The maximum absolute atomic E-state index is 12.4. The first-order valence-corrected chi connectivity index (χ1v) is 9.05. The first-order valence-electron chi connectivity index (χ1n) is 8.30. The minimum Gasteiger partial charge on any atom is -0.486 e. The lowest BCUT2D eigenvalue weighted by Crippen LogP contribution is -2.35. The molecule has 2 amide bonds. The number of ether oxygens (including phenoxy) is 2. The van der Waals surface area contributed by atoms with Crippen molar-refractivity contribution in [1.82, 2.24) is 4.90 Å². The quantitative estimate of drug-likeness (QED) is 0.822. The molecule has 0 saturated heterocycles. The molecular weight excluding hydrogens is 391 g/mol. The van der Waals surface area contributed by atoms with Crippen molar-refractivity contribution < 1.29 is 19.1 Å². The van der Waals surface area contributed by atoms with Crippen LogP contribution in [0.15, 0.2) is 36.4 Å². The third-order valence-corrected chi connectivity index (χ3v) is 4.44. The van der Waals surface area contributed by atoms with Crippen molar-refractivity contribution >= 4 is 40.7 Å². The largest absolute Gasteiger partial charge is 0.486 e. The second kappa shape index (κ2) is 8.50. The van der Waals surface area contributed by atoms with E-state index in [2.05, 4.69) is 5.32 Å². The second-order valence-electron chi connectivity index (χ2n) is 6.09. The number of rotatable bonds is 5. The first-order chi connectivity index (χ1) is 12.9. The highest BCUT2D eigenvalue weighted by Crippen LogP contribution is 2.38. The second-order valence-corrected chi connectivity index (χ2v) is 6.93. The molecule has 0 spiro atoms. The molecule has 0 aromatic heterocycles. The molecule has 0 aliphatic carbocycles. The van der Waals surface area contributed by atoms with Crippen LogP contribution >= 0.6 is 23.2 Å². The van der Waals surface area contributed by atoms with Crippen molar-refractivity contribution in [2.75, 3.05) is 32.1 Å². The predicted octanol–water partition coefficient (Wildman–Crippen LogP) is 3.40. The molecule has 1 aliphatic heterocycles. The standard InChI is InChI=1S/C19H18Cl2N2O4/c1-23(11-17(24)22-14-4-2-3-13(20)10-14)18(25)9-12-7-15(21)19-16(8-12)26-5-6-27-19/h2-4,7-8,10H,5-6,9,11H2,1H3,(H,22,24). The van der Waals surface area contributed by atoms with E-state index < -0.39 is 0 Å².